The van der Waals surface area contributed by atoms with E-state index in [4.69, 9.17) is 8.85 Å². The molecule has 13 heavy (non-hydrogen) atoms. The van der Waals surface area contributed by atoms with Gasteiger partial charge < -0.3 is 14.0 Å². The molecule has 0 fully saturated rings. The van der Waals surface area contributed by atoms with Gasteiger partial charge in [0.25, 0.3) is 0 Å². The van der Waals surface area contributed by atoms with Crippen LogP contribution in [-0.4, -0.2) is 53.1 Å². The lowest BCUT2D eigenvalue weighted by Crippen LogP contribution is -2.38. The summed E-state index contributed by atoms with van der Waals surface area (Å²) in [5, 5.41) is 9.52. The molecule has 0 aliphatic heterocycles. The number of nitrogens with zero attached hydrogens (tertiary/aromatic N) is 1. The van der Waals surface area contributed by atoms with Gasteiger partial charge in [0.15, 0.2) is 0 Å². The molecule has 0 aliphatic carbocycles. The molecule has 1 N–H and O–H groups in total. The first kappa shape index (κ1) is 13.1. The number of aliphatic hydroxyl groups excluding tert-OH is 1. The molecule has 0 spiro atoms. The molecule has 0 saturated carbocycles. The van der Waals surface area contributed by atoms with Crippen LogP contribution in [0.25, 0.3) is 0 Å². The van der Waals surface area contributed by atoms with Crippen molar-refractivity contribution in [2.24, 2.45) is 0 Å². The van der Waals surface area contributed by atoms with E-state index in [1.807, 2.05) is 20.6 Å². The first-order valence-corrected chi connectivity index (χ1v) is 6.92. The summed E-state index contributed by atoms with van der Waals surface area (Å²) in [6.07, 6.45) is 0.286. The zero-order valence-electron chi connectivity index (χ0n) is 9.20. The van der Waals surface area contributed by atoms with Crippen LogP contribution in [0.1, 0.15) is 6.42 Å². The fourth-order valence-corrected chi connectivity index (χ4v) is 2.29. The van der Waals surface area contributed by atoms with Crippen LogP contribution in [0.5, 0.6) is 0 Å². The van der Waals surface area contributed by atoms with Crippen molar-refractivity contribution in [3.8, 4) is 0 Å². The van der Waals surface area contributed by atoms with E-state index in [1.54, 1.807) is 19.1 Å². The van der Waals surface area contributed by atoms with Gasteiger partial charge in [-0.15, -0.1) is 0 Å². The summed E-state index contributed by atoms with van der Waals surface area (Å²) in [7, 11) is 5.04. The Bertz CT molecular complexity index is 139. The number of aliphatic hydroxyl groups is 1. The minimum Gasteiger partial charge on any atom is -0.398 e. The molecular weight excluding hydrogens is 186 g/mol. The fourth-order valence-electron chi connectivity index (χ4n) is 0.937. The van der Waals surface area contributed by atoms with Crippen LogP contribution in [0.2, 0.25) is 12.6 Å². The van der Waals surface area contributed by atoms with Gasteiger partial charge in [0, 0.05) is 14.2 Å². The number of hydrogen-bond donors (Lipinski definition) is 1. The van der Waals surface area contributed by atoms with Gasteiger partial charge >= 0.3 is 8.56 Å². The van der Waals surface area contributed by atoms with Crippen molar-refractivity contribution in [1.29, 1.82) is 0 Å². The molecule has 5 heteroatoms. The number of hydrogen-bond acceptors (Lipinski definition) is 4. The minimum atomic E-state index is -1.99. The van der Waals surface area contributed by atoms with Crippen LogP contribution in [-0.2, 0) is 8.85 Å². The molecule has 0 aliphatic rings. The van der Waals surface area contributed by atoms with Crippen molar-refractivity contribution in [2.75, 3.05) is 28.3 Å². The van der Waals surface area contributed by atoms with Crippen molar-refractivity contribution in [3.63, 3.8) is 0 Å². The SMILES string of the molecule is CO[Si](C)(CCC(O)N(C)C)OC. The largest absolute Gasteiger partial charge is 0.398 e. The Balaban J connectivity index is 3.85. The van der Waals surface area contributed by atoms with Crippen LogP contribution in [0.4, 0.5) is 0 Å². The average molecular weight is 207 g/mol. The molecule has 80 valence electrons. The lowest BCUT2D eigenvalue weighted by atomic mass is 10.4. The Morgan fingerprint density at radius 2 is 1.77 bits per heavy atom. The quantitative estimate of drug-likeness (QED) is 0.512. The predicted molar refractivity (Wildman–Crippen MR) is 54.8 cm³/mol. The molecule has 0 aromatic heterocycles. The molecule has 0 rings (SSSR count). The van der Waals surface area contributed by atoms with Gasteiger partial charge in [-0.25, -0.2) is 0 Å². The highest BCUT2D eigenvalue weighted by atomic mass is 28.4. The van der Waals surface area contributed by atoms with Crippen LogP contribution in [0.15, 0.2) is 0 Å². The molecule has 4 nitrogen and oxygen atoms in total. The highest BCUT2D eigenvalue weighted by molar-refractivity contribution is 6.65. The lowest BCUT2D eigenvalue weighted by molar-refractivity contribution is 0.0352. The maximum Gasteiger partial charge on any atom is 0.334 e. The van der Waals surface area contributed by atoms with Crippen LogP contribution in [0.3, 0.4) is 0 Å². The summed E-state index contributed by atoms with van der Waals surface area (Å²) in [5.41, 5.74) is 0. The molecule has 0 aromatic rings. The van der Waals surface area contributed by atoms with Gasteiger partial charge in [-0.05, 0) is 33.1 Å². The lowest BCUT2D eigenvalue weighted by Gasteiger charge is -2.25. The van der Waals surface area contributed by atoms with Crippen LogP contribution < -0.4 is 0 Å². The monoisotopic (exact) mass is 207 g/mol. The third-order valence-electron chi connectivity index (χ3n) is 2.32. The summed E-state index contributed by atoms with van der Waals surface area (Å²) >= 11 is 0. The molecule has 0 saturated heterocycles. The Hall–Kier alpha value is 0.0569. The van der Waals surface area contributed by atoms with E-state index >= 15 is 0 Å². The molecule has 0 amide bonds. The smallest absolute Gasteiger partial charge is 0.334 e. The van der Waals surface area contributed by atoms with Gasteiger partial charge in [0.05, 0.1) is 0 Å². The Labute approximate surface area is 81.7 Å². The second-order valence-corrected chi connectivity index (χ2v) is 7.11. The zero-order chi connectivity index (χ0) is 10.5. The van der Waals surface area contributed by atoms with E-state index in [1.165, 1.54) is 0 Å². The van der Waals surface area contributed by atoms with Gasteiger partial charge in [-0.1, -0.05) is 0 Å². The normalized spacial score (nSPS) is 15.0. The van der Waals surface area contributed by atoms with Gasteiger partial charge in [-0.2, -0.15) is 0 Å². The highest BCUT2D eigenvalue weighted by Crippen LogP contribution is 2.15. The maximum absolute atomic E-state index is 9.52. The highest BCUT2D eigenvalue weighted by Gasteiger charge is 2.29. The van der Waals surface area contributed by atoms with E-state index in [0.717, 1.165) is 6.04 Å². The van der Waals surface area contributed by atoms with Crippen molar-refractivity contribution in [2.45, 2.75) is 25.2 Å². The fraction of sp³-hybridized carbons (Fsp3) is 1.00. The molecular formula is C8H21NO3Si. The molecule has 1 atom stereocenters. The van der Waals surface area contributed by atoms with E-state index in [9.17, 15) is 5.11 Å². The summed E-state index contributed by atoms with van der Waals surface area (Å²) in [5.74, 6) is 0. The van der Waals surface area contributed by atoms with Gasteiger partial charge in [0.1, 0.15) is 6.23 Å². The van der Waals surface area contributed by atoms with Crippen molar-refractivity contribution in [3.05, 3.63) is 0 Å². The molecule has 0 aromatic carbocycles. The Kier molecular flexibility index (Phi) is 5.74. The molecule has 0 heterocycles. The van der Waals surface area contributed by atoms with Crippen LogP contribution in [0, 0.1) is 0 Å². The second kappa shape index (κ2) is 5.72. The topological polar surface area (TPSA) is 41.9 Å². The van der Waals surface area contributed by atoms with Gasteiger partial charge in [0.2, 0.25) is 0 Å². The van der Waals surface area contributed by atoms with Crippen molar-refractivity contribution >= 4 is 8.56 Å². The van der Waals surface area contributed by atoms with Gasteiger partial charge in [-0.3, -0.25) is 4.90 Å². The minimum absolute atomic E-state index is 0.405. The Morgan fingerprint density at radius 3 is 2.08 bits per heavy atom. The first-order valence-electron chi connectivity index (χ1n) is 4.40. The summed E-state index contributed by atoms with van der Waals surface area (Å²) in [6, 6.07) is 0.805. The first-order chi connectivity index (χ1) is 5.95. The van der Waals surface area contributed by atoms with E-state index in [0.29, 0.717) is 6.42 Å². The zero-order valence-corrected chi connectivity index (χ0v) is 10.2. The van der Waals surface area contributed by atoms with Crippen LogP contribution >= 0.6 is 0 Å². The van der Waals surface area contributed by atoms with E-state index in [-0.39, 0.29) is 0 Å². The van der Waals surface area contributed by atoms with Crippen molar-refractivity contribution < 1.29 is 14.0 Å². The maximum atomic E-state index is 9.52. The summed E-state index contributed by atoms with van der Waals surface area (Å²) < 4.78 is 10.6. The predicted octanol–water partition coefficient (Wildman–Crippen LogP) is 0.621. The third-order valence-corrected chi connectivity index (χ3v) is 5.24. The van der Waals surface area contributed by atoms with E-state index < -0.39 is 14.8 Å². The van der Waals surface area contributed by atoms with E-state index in [2.05, 4.69) is 0 Å². The summed E-state index contributed by atoms with van der Waals surface area (Å²) in [4.78, 5) is 1.78. The third kappa shape index (κ3) is 4.73. The summed E-state index contributed by atoms with van der Waals surface area (Å²) in [6.45, 7) is 2.00. The molecule has 0 radical (unpaired) electrons. The average Bonchev–Trinajstić information content (AvgIpc) is 2.13. The standard InChI is InChI=1S/C8H21NO3Si/c1-9(2)8(10)6-7-13(5,11-3)12-4/h8,10H,6-7H2,1-5H3. The number of rotatable bonds is 6. The second-order valence-electron chi connectivity index (χ2n) is 3.52. The molecule has 1 unspecified atom stereocenters. The molecule has 0 bridgehead atoms. The van der Waals surface area contributed by atoms with Crippen molar-refractivity contribution in [1.82, 2.24) is 4.90 Å². The Morgan fingerprint density at radius 1 is 1.31 bits per heavy atom.